The van der Waals surface area contributed by atoms with Crippen molar-refractivity contribution < 1.29 is 18.3 Å². The number of ether oxygens (including phenoxy) is 1. The maximum Gasteiger partial charge on any atom is 0.415 e. The number of halogens is 2. The summed E-state index contributed by atoms with van der Waals surface area (Å²) in [5, 5.41) is 6.93. The lowest BCUT2D eigenvalue weighted by atomic mass is 9.96. The minimum absolute atomic E-state index is 0.0692. The summed E-state index contributed by atoms with van der Waals surface area (Å²) in [7, 11) is 0. The van der Waals surface area contributed by atoms with Crippen LogP contribution in [0.3, 0.4) is 0 Å². The highest BCUT2D eigenvalue weighted by Crippen LogP contribution is 2.28. The van der Waals surface area contributed by atoms with E-state index in [1.54, 1.807) is 17.0 Å². The summed E-state index contributed by atoms with van der Waals surface area (Å²) in [6, 6.07) is 6.67. The molecule has 9 heteroatoms. The lowest BCUT2D eigenvalue weighted by Gasteiger charge is -2.30. The number of amides is 1. The monoisotopic (exact) mass is 399 g/mol. The van der Waals surface area contributed by atoms with Crippen LogP contribution in [0.2, 0.25) is 0 Å². The number of aromatic nitrogens is 4. The number of nitrogens with one attached hydrogen (secondary N) is 1. The Hall–Kier alpha value is -3.36. The zero-order valence-corrected chi connectivity index (χ0v) is 15.7. The van der Waals surface area contributed by atoms with Crippen molar-refractivity contribution in [1.82, 2.24) is 25.1 Å². The molecule has 4 rings (SSSR count). The molecule has 1 saturated heterocycles. The molecule has 1 amide bonds. The Morgan fingerprint density at radius 1 is 1.17 bits per heavy atom. The zero-order valence-electron chi connectivity index (χ0n) is 15.7. The Morgan fingerprint density at radius 3 is 2.55 bits per heavy atom. The number of likely N-dealkylation sites (tertiary alicyclic amines) is 1. The van der Waals surface area contributed by atoms with Gasteiger partial charge >= 0.3 is 6.09 Å². The Morgan fingerprint density at radius 2 is 1.90 bits per heavy atom. The van der Waals surface area contributed by atoms with Gasteiger partial charge in [-0.05, 0) is 44.0 Å². The van der Waals surface area contributed by atoms with E-state index in [1.807, 2.05) is 6.92 Å². The van der Waals surface area contributed by atoms with Crippen LogP contribution in [0.1, 0.15) is 30.3 Å². The average Bonchev–Trinajstić information content (AvgIpc) is 3.19. The molecule has 0 aliphatic carbocycles. The van der Waals surface area contributed by atoms with E-state index in [2.05, 4.69) is 20.2 Å². The molecule has 1 fully saturated rings. The van der Waals surface area contributed by atoms with Gasteiger partial charge in [-0.15, -0.1) is 0 Å². The van der Waals surface area contributed by atoms with E-state index in [0.29, 0.717) is 37.5 Å². The van der Waals surface area contributed by atoms with Crippen LogP contribution in [0.4, 0.5) is 13.6 Å². The number of hydrogen-bond donors (Lipinski definition) is 1. The summed E-state index contributed by atoms with van der Waals surface area (Å²) in [5.74, 6) is 0.00102. The molecule has 29 heavy (non-hydrogen) atoms. The molecule has 0 unspecified atom stereocenters. The number of rotatable bonds is 3. The van der Waals surface area contributed by atoms with Gasteiger partial charge in [0.15, 0.2) is 11.6 Å². The van der Waals surface area contributed by atoms with Gasteiger partial charge < -0.3 is 9.64 Å². The van der Waals surface area contributed by atoms with Crippen LogP contribution in [-0.2, 0) is 0 Å². The molecular formula is C20H19F2N5O2. The Labute approximate surface area is 165 Å². The summed E-state index contributed by atoms with van der Waals surface area (Å²) >= 11 is 0. The minimum Gasteiger partial charge on any atom is -0.409 e. The van der Waals surface area contributed by atoms with Gasteiger partial charge in [0, 0.05) is 36.3 Å². The van der Waals surface area contributed by atoms with Crippen molar-refractivity contribution in [2.45, 2.75) is 25.7 Å². The second-order valence-corrected chi connectivity index (χ2v) is 6.97. The van der Waals surface area contributed by atoms with Crippen molar-refractivity contribution >= 4 is 6.09 Å². The first-order valence-corrected chi connectivity index (χ1v) is 9.26. The highest BCUT2D eigenvalue weighted by Gasteiger charge is 2.27. The second kappa shape index (κ2) is 7.94. The van der Waals surface area contributed by atoms with Crippen molar-refractivity contribution in [3.63, 3.8) is 0 Å². The SMILES string of the molecule is Cc1ccc(OC(=O)N2CCC(c3nc(-c4cc(F)cc(F)c4)n[nH]3)CC2)cn1. The standard InChI is InChI=1S/C20H19F2N5O2/c1-12-2-3-17(11-23-12)29-20(28)27-6-4-13(5-7-27)18-24-19(26-25-18)14-8-15(21)10-16(22)9-14/h2-3,8-11,13H,4-7H2,1H3,(H,24,25,26). The van der Waals surface area contributed by atoms with Crippen LogP contribution in [0.5, 0.6) is 5.75 Å². The molecule has 0 bridgehead atoms. The van der Waals surface area contributed by atoms with E-state index in [4.69, 9.17) is 4.74 Å². The summed E-state index contributed by atoms with van der Waals surface area (Å²) < 4.78 is 32.2. The van der Waals surface area contributed by atoms with E-state index in [-0.39, 0.29) is 17.3 Å². The third-order valence-electron chi connectivity index (χ3n) is 4.85. The molecule has 3 aromatic rings. The molecule has 0 spiro atoms. The van der Waals surface area contributed by atoms with Gasteiger partial charge in [0.05, 0.1) is 6.20 Å². The predicted octanol–water partition coefficient (Wildman–Crippen LogP) is 3.83. The summed E-state index contributed by atoms with van der Waals surface area (Å²) in [6.45, 7) is 2.87. The highest BCUT2D eigenvalue weighted by molar-refractivity contribution is 5.70. The Kier molecular flexibility index (Phi) is 5.20. The van der Waals surface area contributed by atoms with E-state index in [9.17, 15) is 13.6 Å². The van der Waals surface area contributed by atoms with Gasteiger partial charge in [-0.2, -0.15) is 5.10 Å². The first kappa shape index (κ1) is 19.0. The zero-order chi connectivity index (χ0) is 20.4. The molecule has 1 N–H and O–H groups in total. The summed E-state index contributed by atoms with van der Waals surface area (Å²) in [6.07, 6.45) is 2.45. The molecule has 7 nitrogen and oxygen atoms in total. The van der Waals surface area contributed by atoms with Crippen molar-refractivity contribution in [3.05, 3.63) is 59.7 Å². The third kappa shape index (κ3) is 4.39. The van der Waals surface area contributed by atoms with Crippen LogP contribution in [0, 0.1) is 18.6 Å². The van der Waals surface area contributed by atoms with Crippen molar-refractivity contribution in [2.75, 3.05) is 13.1 Å². The first-order chi connectivity index (χ1) is 14.0. The lowest BCUT2D eigenvalue weighted by Crippen LogP contribution is -2.39. The van der Waals surface area contributed by atoms with E-state index < -0.39 is 17.7 Å². The van der Waals surface area contributed by atoms with Crippen molar-refractivity contribution in [3.8, 4) is 17.1 Å². The lowest BCUT2D eigenvalue weighted by molar-refractivity contribution is 0.138. The van der Waals surface area contributed by atoms with Gasteiger partial charge in [0.25, 0.3) is 0 Å². The van der Waals surface area contributed by atoms with Crippen LogP contribution in [-0.4, -0.2) is 44.2 Å². The van der Waals surface area contributed by atoms with Crippen molar-refractivity contribution in [2.24, 2.45) is 0 Å². The Balaban J connectivity index is 1.36. The molecule has 150 valence electrons. The first-order valence-electron chi connectivity index (χ1n) is 9.26. The minimum atomic E-state index is -0.679. The maximum absolute atomic E-state index is 13.4. The number of nitrogens with zero attached hydrogens (tertiary/aromatic N) is 4. The number of aromatic amines is 1. The quantitative estimate of drug-likeness (QED) is 0.724. The predicted molar refractivity (Wildman–Crippen MR) is 100 cm³/mol. The third-order valence-corrected chi connectivity index (χ3v) is 4.85. The molecule has 2 aromatic heterocycles. The Bertz CT molecular complexity index is 994. The molecule has 1 aromatic carbocycles. The molecule has 1 aliphatic rings. The number of benzene rings is 1. The van der Waals surface area contributed by atoms with Gasteiger partial charge in [-0.25, -0.2) is 18.6 Å². The van der Waals surface area contributed by atoms with Crippen LogP contribution < -0.4 is 4.74 Å². The fourth-order valence-electron chi connectivity index (χ4n) is 3.28. The number of piperidine rings is 1. The smallest absolute Gasteiger partial charge is 0.409 e. The number of carbonyl (C=O) groups excluding carboxylic acids is 1. The highest BCUT2D eigenvalue weighted by atomic mass is 19.1. The number of H-pyrrole nitrogens is 1. The molecular weight excluding hydrogens is 380 g/mol. The maximum atomic E-state index is 13.4. The largest absolute Gasteiger partial charge is 0.415 e. The molecule has 0 radical (unpaired) electrons. The molecule has 3 heterocycles. The second-order valence-electron chi connectivity index (χ2n) is 6.97. The van der Waals surface area contributed by atoms with Gasteiger partial charge in [0.2, 0.25) is 0 Å². The summed E-state index contributed by atoms with van der Waals surface area (Å²) in [4.78, 5) is 22.4. The number of carbonyl (C=O) groups is 1. The van der Waals surface area contributed by atoms with E-state index >= 15 is 0 Å². The normalized spacial score (nSPS) is 14.8. The molecule has 0 saturated carbocycles. The summed E-state index contributed by atoms with van der Waals surface area (Å²) in [5.41, 5.74) is 1.12. The average molecular weight is 399 g/mol. The molecule has 0 atom stereocenters. The molecule has 1 aliphatic heterocycles. The number of aryl methyl sites for hydroxylation is 1. The van der Waals surface area contributed by atoms with Gasteiger partial charge in [0.1, 0.15) is 17.5 Å². The fourth-order valence-corrected chi connectivity index (χ4v) is 3.28. The van der Waals surface area contributed by atoms with Crippen LogP contribution in [0.15, 0.2) is 36.5 Å². The van der Waals surface area contributed by atoms with Crippen LogP contribution >= 0.6 is 0 Å². The fraction of sp³-hybridized carbons (Fsp3) is 0.300. The van der Waals surface area contributed by atoms with E-state index in [0.717, 1.165) is 11.8 Å². The van der Waals surface area contributed by atoms with E-state index in [1.165, 1.54) is 18.3 Å². The van der Waals surface area contributed by atoms with Gasteiger partial charge in [-0.3, -0.25) is 10.1 Å². The topological polar surface area (TPSA) is 84.0 Å². The van der Waals surface area contributed by atoms with Gasteiger partial charge in [-0.1, -0.05) is 0 Å². The van der Waals surface area contributed by atoms with Crippen molar-refractivity contribution in [1.29, 1.82) is 0 Å². The number of hydrogen-bond acceptors (Lipinski definition) is 5. The van der Waals surface area contributed by atoms with Crippen LogP contribution in [0.25, 0.3) is 11.4 Å². The number of pyridine rings is 1.